The van der Waals surface area contributed by atoms with Crippen molar-refractivity contribution in [1.29, 1.82) is 0 Å². The number of esters is 1. The van der Waals surface area contributed by atoms with Crippen LogP contribution in [-0.4, -0.2) is 13.1 Å². The third-order valence-corrected chi connectivity index (χ3v) is 6.28. The van der Waals surface area contributed by atoms with Crippen LogP contribution < -0.4 is 9.47 Å². The van der Waals surface area contributed by atoms with Crippen molar-refractivity contribution < 1.29 is 31.8 Å². The summed E-state index contributed by atoms with van der Waals surface area (Å²) in [4.78, 5) is 12.6. The minimum absolute atomic E-state index is 0.0192. The SMILES string of the molecule is CCCCCc1ccc(-c2ccc(OC(=O)c3ccc(-c4ccc(OC)c(F)c4F)cc3)c(F)c2F)cc1. The molecule has 4 aromatic rings. The third-order valence-electron chi connectivity index (χ3n) is 6.28. The summed E-state index contributed by atoms with van der Waals surface area (Å²) in [5, 5.41) is 0. The van der Waals surface area contributed by atoms with Crippen LogP contribution in [0.4, 0.5) is 17.6 Å². The van der Waals surface area contributed by atoms with Crippen LogP contribution >= 0.6 is 0 Å². The van der Waals surface area contributed by atoms with Gasteiger partial charge in [-0.05, 0) is 65.9 Å². The first-order chi connectivity index (χ1) is 18.3. The first-order valence-corrected chi connectivity index (χ1v) is 12.3. The smallest absolute Gasteiger partial charge is 0.343 e. The van der Waals surface area contributed by atoms with Crippen LogP contribution in [0.3, 0.4) is 0 Å². The molecule has 0 radical (unpaired) electrons. The summed E-state index contributed by atoms with van der Waals surface area (Å²) >= 11 is 0. The molecule has 0 N–H and O–H groups in total. The van der Waals surface area contributed by atoms with Crippen LogP contribution in [0.25, 0.3) is 22.3 Å². The number of halogens is 4. The molecule has 0 aromatic heterocycles. The van der Waals surface area contributed by atoms with Crippen LogP contribution in [0, 0.1) is 23.3 Å². The topological polar surface area (TPSA) is 35.5 Å². The maximum absolute atomic E-state index is 14.9. The van der Waals surface area contributed by atoms with E-state index in [-0.39, 0.29) is 22.4 Å². The van der Waals surface area contributed by atoms with Crippen molar-refractivity contribution in [3.05, 3.63) is 107 Å². The average molecular weight is 523 g/mol. The molecule has 0 unspecified atom stereocenters. The predicted octanol–water partition coefficient (Wildman–Crippen LogP) is 8.54. The Morgan fingerprint density at radius 1 is 0.658 bits per heavy atom. The molecule has 0 saturated heterocycles. The summed E-state index contributed by atoms with van der Waals surface area (Å²) in [5.41, 5.74) is 1.99. The number of hydrogen-bond donors (Lipinski definition) is 0. The highest BCUT2D eigenvalue weighted by Crippen LogP contribution is 2.32. The van der Waals surface area contributed by atoms with E-state index in [0.717, 1.165) is 31.2 Å². The van der Waals surface area contributed by atoms with Gasteiger partial charge in [0.2, 0.25) is 11.6 Å². The van der Waals surface area contributed by atoms with Gasteiger partial charge in [-0.1, -0.05) is 56.2 Å². The molecule has 196 valence electrons. The van der Waals surface area contributed by atoms with Gasteiger partial charge in [-0.15, -0.1) is 0 Å². The van der Waals surface area contributed by atoms with E-state index in [4.69, 9.17) is 9.47 Å². The standard InChI is InChI=1S/C31H26F4O3/c1-3-4-5-6-19-7-9-20(10-8-19)24-16-18-26(30(35)28(24)33)38-31(36)22-13-11-21(12-14-22)23-15-17-25(37-2)29(34)27(23)32/h7-18H,3-6H2,1-2H3. The molecule has 38 heavy (non-hydrogen) atoms. The van der Waals surface area contributed by atoms with Gasteiger partial charge in [0, 0.05) is 11.1 Å². The quantitative estimate of drug-likeness (QED) is 0.0956. The van der Waals surface area contributed by atoms with E-state index in [1.165, 1.54) is 55.6 Å². The van der Waals surface area contributed by atoms with Gasteiger partial charge in [0.25, 0.3) is 0 Å². The lowest BCUT2D eigenvalue weighted by atomic mass is 10.0. The first kappa shape index (κ1) is 26.9. The van der Waals surface area contributed by atoms with Gasteiger partial charge >= 0.3 is 5.97 Å². The zero-order chi connectivity index (χ0) is 27.2. The van der Waals surface area contributed by atoms with Crippen molar-refractivity contribution in [2.45, 2.75) is 32.6 Å². The number of aryl methyl sites for hydroxylation is 1. The Kier molecular flexibility index (Phi) is 8.46. The Morgan fingerprint density at radius 2 is 1.18 bits per heavy atom. The molecule has 0 amide bonds. The molecule has 4 aromatic carbocycles. The molecule has 0 bridgehead atoms. The molecule has 0 heterocycles. The van der Waals surface area contributed by atoms with Gasteiger partial charge < -0.3 is 9.47 Å². The molecular weight excluding hydrogens is 496 g/mol. The Hall–Kier alpha value is -4.13. The highest BCUT2D eigenvalue weighted by molar-refractivity contribution is 5.91. The van der Waals surface area contributed by atoms with E-state index in [0.29, 0.717) is 11.1 Å². The Bertz CT molecular complexity index is 1430. The molecule has 0 spiro atoms. The summed E-state index contributed by atoms with van der Waals surface area (Å²) in [5.74, 6) is -6.34. The summed E-state index contributed by atoms with van der Waals surface area (Å²) in [7, 11) is 1.23. The van der Waals surface area contributed by atoms with E-state index < -0.39 is 35.0 Å². The number of carbonyl (C=O) groups is 1. The maximum atomic E-state index is 14.9. The summed E-state index contributed by atoms with van der Waals surface area (Å²) < 4.78 is 67.9. The molecular formula is C31H26F4O3. The number of carbonyl (C=O) groups excluding carboxylic acids is 1. The molecule has 0 aliphatic rings. The molecule has 7 heteroatoms. The fraction of sp³-hybridized carbons (Fsp3) is 0.194. The summed E-state index contributed by atoms with van der Waals surface area (Å²) in [6, 6.07) is 17.9. The van der Waals surface area contributed by atoms with E-state index in [9.17, 15) is 22.4 Å². The Balaban J connectivity index is 1.48. The van der Waals surface area contributed by atoms with E-state index in [2.05, 4.69) is 6.92 Å². The minimum atomic E-state index is -1.28. The lowest BCUT2D eigenvalue weighted by molar-refractivity contribution is 0.0726. The van der Waals surface area contributed by atoms with Crippen molar-refractivity contribution in [2.75, 3.05) is 7.11 Å². The second kappa shape index (κ2) is 11.9. The molecule has 3 nitrogen and oxygen atoms in total. The van der Waals surface area contributed by atoms with Crippen molar-refractivity contribution in [3.63, 3.8) is 0 Å². The number of unbranched alkanes of at least 4 members (excludes halogenated alkanes) is 2. The van der Waals surface area contributed by atoms with Gasteiger partial charge in [0.1, 0.15) is 0 Å². The molecule has 0 aliphatic heterocycles. The van der Waals surface area contributed by atoms with Crippen LogP contribution in [0.2, 0.25) is 0 Å². The van der Waals surface area contributed by atoms with Gasteiger partial charge in [0.05, 0.1) is 12.7 Å². The normalized spacial score (nSPS) is 10.9. The third kappa shape index (κ3) is 5.72. The van der Waals surface area contributed by atoms with E-state index >= 15 is 0 Å². The lowest BCUT2D eigenvalue weighted by Gasteiger charge is -2.11. The number of methoxy groups -OCH3 is 1. The van der Waals surface area contributed by atoms with Crippen molar-refractivity contribution >= 4 is 5.97 Å². The van der Waals surface area contributed by atoms with Crippen molar-refractivity contribution in [1.82, 2.24) is 0 Å². The summed E-state index contributed by atoms with van der Waals surface area (Å²) in [6.07, 6.45) is 4.24. The van der Waals surface area contributed by atoms with E-state index in [1.807, 2.05) is 12.1 Å². The molecule has 0 saturated carbocycles. The van der Waals surface area contributed by atoms with Crippen molar-refractivity contribution in [3.8, 4) is 33.8 Å². The van der Waals surface area contributed by atoms with Crippen LogP contribution in [-0.2, 0) is 6.42 Å². The number of hydrogen-bond acceptors (Lipinski definition) is 3. The number of benzene rings is 4. The lowest BCUT2D eigenvalue weighted by Crippen LogP contribution is -2.10. The fourth-order valence-corrected chi connectivity index (χ4v) is 4.12. The Labute approximate surface area is 218 Å². The molecule has 0 aliphatic carbocycles. The zero-order valence-corrected chi connectivity index (χ0v) is 21.0. The van der Waals surface area contributed by atoms with Gasteiger partial charge in [-0.25, -0.2) is 13.6 Å². The van der Waals surface area contributed by atoms with Gasteiger partial charge in [0.15, 0.2) is 23.1 Å². The maximum Gasteiger partial charge on any atom is 0.343 e. The second-order valence-electron chi connectivity index (χ2n) is 8.80. The second-order valence-corrected chi connectivity index (χ2v) is 8.80. The Morgan fingerprint density at radius 3 is 1.74 bits per heavy atom. The van der Waals surface area contributed by atoms with E-state index in [1.54, 1.807) is 12.1 Å². The monoisotopic (exact) mass is 522 g/mol. The number of rotatable bonds is 9. The van der Waals surface area contributed by atoms with Crippen LogP contribution in [0.5, 0.6) is 11.5 Å². The van der Waals surface area contributed by atoms with Crippen molar-refractivity contribution in [2.24, 2.45) is 0 Å². The first-order valence-electron chi connectivity index (χ1n) is 12.3. The highest BCUT2D eigenvalue weighted by atomic mass is 19.2. The predicted molar refractivity (Wildman–Crippen MR) is 138 cm³/mol. The minimum Gasteiger partial charge on any atom is -0.494 e. The van der Waals surface area contributed by atoms with Crippen LogP contribution in [0.15, 0.2) is 72.8 Å². The molecule has 4 rings (SSSR count). The van der Waals surface area contributed by atoms with Gasteiger partial charge in [-0.2, -0.15) is 8.78 Å². The highest BCUT2D eigenvalue weighted by Gasteiger charge is 2.20. The largest absolute Gasteiger partial charge is 0.494 e. The fourth-order valence-electron chi connectivity index (χ4n) is 4.12. The molecule has 0 fully saturated rings. The zero-order valence-electron chi connectivity index (χ0n) is 21.0. The summed E-state index contributed by atoms with van der Waals surface area (Å²) in [6.45, 7) is 2.13. The molecule has 0 atom stereocenters. The van der Waals surface area contributed by atoms with Gasteiger partial charge in [-0.3, -0.25) is 0 Å². The average Bonchev–Trinajstić information content (AvgIpc) is 2.93. The van der Waals surface area contributed by atoms with Crippen LogP contribution in [0.1, 0.15) is 42.1 Å². The number of ether oxygens (including phenoxy) is 2.